The zero-order valence-electron chi connectivity index (χ0n) is 10.9. The number of hydrogen-bond acceptors (Lipinski definition) is 1. The molecule has 0 aliphatic heterocycles. The van der Waals surface area contributed by atoms with Crippen LogP contribution in [0.4, 0.5) is 0 Å². The Morgan fingerprint density at radius 1 is 1.29 bits per heavy atom. The fraction of sp³-hybridized carbons (Fsp3) is 0.467. The van der Waals surface area contributed by atoms with Gasteiger partial charge in [-0.1, -0.05) is 6.07 Å². The Hall–Kier alpha value is -1.28. The highest BCUT2D eigenvalue weighted by Crippen LogP contribution is 2.37. The predicted octanol–water partition coefficient (Wildman–Crippen LogP) is 3.38. The molecule has 1 aliphatic carbocycles. The average Bonchev–Trinajstić information content (AvgIpc) is 2.66. The summed E-state index contributed by atoms with van der Waals surface area (Å²) in [6.07, 6.45) is 3.73. The van der Waals surface area contributed by atoms with Crippen molar-refractivity contribution in [1.82, 2.24) is 10.3 Å². The fourth-order valence-corrected chi connectivity index (χ4v) is 3.30. The van der Waals surface area contributed by atoms with Crippen LogP contribution in [0.3, 0.4) is 0 Å². The molecule has 2 N–H and O–H groups in total. The largest absolute Gasteiger partial charge is 0.358 e. The first-order chi connectivity index (χ1) is 8.20. The molecule has 0 radical (unpaired) electrons. The molecule has 1 heterocycles. The van der Waals surface area contributed by atoms with E-state index in [9.17, 15) is 0 Å². The molecule has 0 bridgehead atoms. The molecule has 1 unspecified atom stereocenters. The first-order valence-electron chi connectivity index (χ1n) is 6.49. The van der Waals surface area contributed by atoms with Crippen LogP contribution in [0.2, 0.25) is 0 Å². The molecule has 3 rings (SSSR count). The summed E-state index contributed by atoms with van der Waals surface area (Å²) in [6.45, 7) is 4.40. The highest BCUT2D eigenvalue weighted by atomic mass is 14.9. The van der Waals surface area contributed by atoms with E-state index in [1.165, 1.54) is 52.5 Å². The van der Waals surface area contributed by atoms with Crippen LogP contribution in [0.5, 0.6) is 0 Å². The van der Waals surface area contributed by atoms with Gasteiger partial charge in [0.05, 0.1) is 0 Å². The third-order valence-corrected chi connectivity index (χ3v) is 3.98. The van der Waals surface area contributed by atoms with Crippen molar-refractivity contribution < 1.29 is 0 Å². The second kappa shape index (κ2) is 3.88. The number of nitrogens with one attached hydrogen (secondary N) is 2. The van der Waals surface area contributed by atoms with Gasteiger partial charge in [-0.3, -0.25) is 0 Å². The van der Waals surface area contributed by atoms with E-state index in [2.05, 4.69) is 43.3 Å². The minimum absolute atomic E-state index is 0.522. The molecule has 1 aliphatic rings. The summed E-state index contributed by atoms with van der Waals surface area (Å²) in [5.41, 5.74) is 7.02. The number of fused-ring (bicyclic) bond motifs is 3. The SMILES string of the molecule is CNC1CCCc2[nH]c3cc(C)cc(C)c3c21. The number of aromatic nitrogens is 1. The fourth-order valence-electron chi connectivity index (χ4n) is 3.30. The topological polar surface area (TPSA) is 27.8 Å². The lowest BCUT2D eigenvalue weighted by Crippen LogP contribution is -2.21. The van der Waals surface area contributed by atoms with Crippen LogP contribution < -0.4 is 5.32 Å². The lowest BCUT2D eigenvalue weighted by molar-refractivity contribution is 0.497. The molecule has 0 amide bonds. The number of benzene rings is 1. The van der Waals surface area contributed by atoms with E-state index in [0.29, 0.717) is 6.04 Å². The summed E-state index contributed by atoms with van der Waals surface area (Å²) in [7, 11) is 2.07. The van der Waals surface area contributed by atoms with E-state index in [4.69, 9.17) is 0 Å². The van der Waals surface area contributed by atoms with Crippen LogP contribution in [-0.4, -0.2) is 12.0 Å². The van der Waals surface area contributed by atoms with Crippen LogP contribution in [0.15, 0.2) is 12.1 Å². The quantitative estimate of drug-likeness (QED) is 0.769. The second-order valence-corrected chi connectivity index (χ2v) is 5.26. The molecule has 90 valence electrons. The summed E-state index contributed by atoms with van der Waals surface area (Å²) in [5.74, 6) is 0. The summed E-state index contributed by atoms with van der Waals surface area (Å²) < 4.78 is 0. The van der Waals surface area contributed by atoms with Crippen LogP contribution >= 0.6 is 0 Å². The van der Waals surface area contributed by atoms with Crippen molar-refractivity contribution in [1.29, 1.82) is 0 Å². The second-order valence-electron chi connectivity index (χ2n) is 5.26. The van der Waals surface area contributed by atoms with Gasteiger partial charge in [-0.2, -0.15) is 0 Å². The van der Waals surface area contributed by atoms with Crippen LogP contribution in [-0.2, 0) is 6.42 Å². The number of aromatic amines is 1. The van der Waals surface area contributed by atoms with E-state index in [1.54, 1.807) is 0 Å². The standard InChI is InChI=1S/C15H20N2/c1-9-7-10(2)14-13(8-9)17-12-6-4-5-11(16-3)15(12)14/h7-8,11,16-17H,4-6H2,1-3H3. The number of hydrogen-bond donors (Lipinski definition) is 2. The lowest BCUT2D eigenvalue weighted by atomic mass is 9.89. The number of rotatable bonds is 1. The average molecular weight is 228 g/mol. The first-order valence-corrected chi connectivity index (χ1v) is 6.49. The van der Waals surface area contributed by atoms with Crippen molar-refractivity contribution in [3.63, 3.8) is 0 Å². The van der Waals surface area contributed by atoms with Gasteiger partial charge < -0.3 is 10.3 Å². The summed E-state index contributed by atoms with van der Waals surface area (Å²) >= 11 is 0. The van der Waals surface area contributed by atoms with Gasteiger partial charge in [0.15, 0.2) is 0 Å². The smallest absolute Gasteiger partial charge is 0.0464 e. The maximum Gasteiger partial charge on any atom is 0.0464 e. The zero-order valence-corrected chi connectivity index (χ0v) is 10.9. The Morgan fingerprint density at radius 2 is 2.12 bits per heavy atom. The zero-order chi connectivity index (χ0) is 12.0. The Labute approximate surface area is 102 Å². The monoisotopic (exact) mass is 228 g/mol. The van der Waals surface area contributed by atoms with E-state index >= 15 is 0 Å². The van der Waals surface area contributed by atoms with Crippen LogP contribution in [0.25, 0.3) is 10.9 Å². The molecular weight excluding hydrogens is 208 g/mol. The molecule has 1 atom stereocenters. The maximum absolute atomic E-state index is 3.62. The molecule has 2 heteroatoms. The Bertz CT molecular complexity index is 566. The van der Waals surface area contributed by atoms with Crippen LogP contribution in [0, 0.1) is 13.8 Å². The number of aryl methyl sites for hydroxylation is 3. The normalized spacial score (nSPS) is 19.6. The van der Waals surface area contributed by atoms with Gasteiger partial charge in [0.2, 0.25) is 0 Å². The minimum atomic E-state index is 0.522. The van der Waals surface area contributed by atoms with E-state index in [1.807, 2.05) is 0 Å². The molecule has 0 fully saturated rings. The molecule has 0 saturated carbocycles. The van der Waals surface area contributed by atoms with Gasteiger partial charge in [0.25, 0.3) is 0 Å². The Kier molecular flexibility index (Phi) is 2.48. The van der Waals surface area contributed by atoms with Gasteiger partial charge in [-0.25, -0.2) is 0 Å². The molecular formula is C15H20N2. The number of H-pyrrole nitrogens is 1. The van der Waals surface area contributed by atoms with Crippen molar-refractivity contribution in [3.05, 3.63) is 34.5 Å². The van der Waals surface area contributed by atoms with Crippen molar-refractivity contribution in [2.75, 3.05) is 7.05 Å². The van der Waals surface area contributed by atoms with Crippen LogP contribution in [0.1, 0.15) is 41.3 Å². The van der Waals surface area contributed by atoms with Crippen molar-refractivity contribution in [3.8, 4) is 0 Å². The molecule has 0 spiro atoms. The highest BCUT2D eigenvalue weighted by molar-refractivity contribution is 5.89. The summed E-state index contributed by atoms with van der Waals surface area (Å²) in [6, 6.07) is 5.08. The van der Waals surface area contributed by atoms with Crippen molar-refractivity contribution >= 4 is 10.9 Å². The van der Waals surface area contributed by atoms with Gasteiger partial charge in [-0.15, -0.1) is 0 Å². The molecule has 0 saturated heterocycles. The third-order valence-electron chi connectivity index (χ3n) is 3.98. The van der Waals surface area contributed by atoms with Crippen molar-refractivity contribution in [2.24, 2.45) is 0 Å². The summed E-state index contributed by atoms with van der Waals surface area (Å²) in [5, 5.41) is 4.91. The molecule has 1 aromatic carbocycles. The van der Waals surface area contributed by atoms with E-state index < -0.39 is 0 Å². The van der Waals surface area contributed by atoms with Gasteiger partial charge in [-0.05, 0) is 62.9 Å². The molecule has 2 aromatic rings. The first kappa shape index (κ1) is 10.8. The molecule has 17 heavy (non-hydrogen) atoms. The Morgan fingerprint density at radius 3 is 2.88 bits per heavy atom. The molecule has 2 nitrogen and oxygen atoms in total. The lowest BCUT2D eigenvalue weighted by Gasteiger charge is -2.22. The summed E-state index contributed by atoms with van der Waals surface area (Å²) in [4.78, 5) is 3.62. The van der Waals surface area contributed by atoms with Crippen molar-refractivity contribution in [2.45, 2.75) is 39.2 Å². The van der Waals surface area contributed by atoms with E-state index in [-0.39, 0.29) is 0 Å². The van der Waals surface area contributed by atoms with Gasteiger partial charge >= 0.3 is 0 Å². The molecule has 1 aromatic heterocycles. The minimum Gasteiger partial charge on any atom is -0.358 e. The Balaban J connectivity index is 2.32. The maximum atomic E-state index is 3.62. The van der Waals surface area contributed by atoms with E-state index in [0.717, 1.165) is 0 Å². The van der Waals surface area contributed by atoms with Gasteiger partial charge in [0.1, 0.15) is 0 Å². The third kappa shape index (κ3) is 1.59. The highest BCUT2D eigenvalue weighted by Gasteiger charge is 2.24. The predicted molar refractivity (Wildman–Crippen MR) is 72.5 cm³/mol. The van der Waals surface area contributed by atoms with Gasteiger partial charge in [0, 0.05) is 22.6 Å².